The number of esters is 1. The Hall–Kier alpha value is -4.18. The van der Waals surface area contributed by atoms with E-state index in [1.165, 1.54) is 19.1 Å². The van der Waals surface area contributed by atoms with E-state index in [0.717, 1.165) is 22.5 Å². The minimum Gasteiger partial charge on any atom is -0.493 e. The van der Waals surface area contributed by atoms with Crippen LogP contribution in [0.4, 0.5) is 5.13 Å². The molecule has 0 N–H and O–H groups in total. The van der Waals surface area contributed by atoms with Crippen LogP contribution in [0.2, 0.25) is 0 Å². The fourth-order valence-electron chi connectivity index (χ4n) is 4.74. The number of amides is 1. The molecule has 0 spiro atoms. The van der Waals surface area contributed by atoms with Crippen molar-refractivity contribution in [1.82, 2.24) is 4.98 Å². The van der Waals surface area contributed by atoms with Gasteiger partial charge in [0.1, 0.15) is 10.5 Å². The van der Waals surface area contributed by atoms with E-state index in [1.807, 2.05) is 27.7 Å². The number of hydrogen-bond acceptors (Lipinski definition) is 9. The number of fused-ring (bicyclic) bond motifs is 2. The Balaban J connectivity index is 1.75. The van der Waals surface area contributed by atoms with Crippen molar-refractivity contribution in [2.45, 2.75) is 40.7 Å². The van der Waals surface area contributed by atoms with Gasteiger partial charge in [-0.05, 0) is 67.6 Å². The van der Waals surface area contributed by atoms with Crippen molar-refractivity contribution in [2.75, 3.05) is 25.7 Å². The third-order valence-electron chi connectivity index (χ3n) is 6.92. The zero-order valence-electron chi connectivity index (χ0n) is 23.4. The van der Waals surface area contributed by atoms with Gasteiger partial charge in [0.25, 0.3) is 5.91 Å². The van der Waals surface area contributed by atoms with Crippen LogP contribution in [-0.2, 0) is 4.74 Å². The van der Waals surface area contributed by atoms with Crippen LogP contribution in [0.1, 0.15) is 68.1 Å². The highest BCUT2D eigenvalue weighted by Crippen LogP contribution is 2.45. The summed E-state index contributed by atoms with van der Waals surface area (Å²) in [5.41, 5.74) is 3.12. The molecule has 0 saturated heterocycles. The van der Waals surface area contributed by atoms with E-state index in [2.05, 4.69) is 4.98 Å². The molecule has 2 aromatic carbocycles. The smallest absolute Gasteiger partial charge is 0.350 e. The van der Waals surface area contributed by atoms with E-state index in [1.54, 1.807) is 37.3 Å². The summed E-state index contributed by atoms with van der Waals surface area (Å²) < 4.78 is 22.6. The lowest BCUT2D eigenvalue weighted by Crippen LogP contribution is -2.29. The quantitative estimate of drug-likeness (QED) is 0.262. The number of methoxy groups -OCH3 is 2. The summed E-state index contributed by atoms with van der Waals surface area (Å²) in [7, 11) is 2.82. The number of rotatable bonds is 7. The molecule has 0 radical (unpaired) electrons. The fourth-order valence-corrected chi connectivity index (χ4v) is 5.75. The first kappa shape index (κ1) is 27.4. The Kier molecular flexibility index (Phi) is 7.14. The molecule has 10 heteroatoms. The predicted octanol–water partition coefficient (Wildman–Crippen LogP) is 5.75. The number of aromatic nitrogens is 1. The minimum absolute atomic E-state index is 0.0580. The van der Waals surface area contributed by atoms with E-state index < -0.39 is 17.9 Å². The summed E-state index contributed by atoms with van der Waals surface area (Å²) in [5.74, 6) is 0.174. The zero-order chi connectivity index (χ0) is 28.9. The standard InChI is InChI=1S/C30H30N2O7S/c1-14(2)13-38-20-9-8-18(12-22(20)36-6)24-23-25(33)19-10-15(3)16(4)11-21(19)39-26(23)28(34)32(24)30-31-17(5)27(40-30)29(35)37-7/h8-12,14,24H,13H2,1-7H3. The molecule has 0 bridgehead atoms. The topological polar surface area (TPSA) is 108 Å². The Morgan fingerprint density at radius 1 is 1.07 bits per heavy atom. The Morgan fingerprint density at radius 2 is 1.80 bits per heavy atom. The third kappa shape index (κ3) is 4.52. The highest BCUT2D eigenvalue weighted by atomic mass is 32.1. The molecule has 40 heavy (non-hydrogen) atoms. The lowest BCUT2D eigenvalue weighted by molar-refractivity contribution is 0.0605. The van der Waals surface area contributed by atoms with E-state index >= 15 is 0 Å². The summed E-state index contributed by atoms with van der Waals surface area (Å²) in [6.07, 6.45) is 0. The van der Waals surface area contributed by atoms with E-state index in [9.17, 15) is 14.4 Å². The van der Waals surface area contributed by atoms with Crippen LogP contribution in [0, 0.1) is 26.7 Å². The number of thiazole rings is 1. The van der Waals surface area contributed by atoms with Crippen LogP contribution in [0.5, 0.6) is 11.5 Å². The first-order valence-electron chi connectivity index (χ1n) is 12.8. The molecule has 1 amide bonds. The summed E-state index contributed by atoms with van der Waals surface area (Å²) in [4.78, 5) is 46.6. The van der Waals surface area contributed by atoms with Crippen molar-refractivity contribution in [3.63, 3.8) is 0 Å². The second-order valence-electron chi connectivity index (χ2n) is 10.2. The van der Waals surface area contributed by atoms with Crippen LogP contribution in [0.25, 0.3) is 11.0 Å². The average Bonchev–Trinajstić information content (AvgIpc) is 3.45. The summed E-state index contributed by atoms with van der Waals surface area (Å²) in [5, 5.41) is 0.630. The van der Waals surface area contributed by atoms with Crippen LogP contribution in [0.15, 0.2) is 39.5 Å². The molecule has 1 aliphatic rings. The van der Waals surface area contributed by atoms with Gasteiger partial charge >= 0.3 is 5.97 Å². The van der Waals surface area contributed by atoms with Crippen LogP contribution < -0.4 is 19.8 Å². The van der Waals surface area contributed by atoms with Crippen molar-refractivity contribution < 1.29 is 28.2 Å². The number of carbonyl (C=O) groups excluding carboxylic acids is 2. The van der Waals surface area contributed by atoms with Gasteiger partial charge in [0.05, 0.1) is 43.5 Å². The second-order valence-corrected chi connectivity index (χ2v) is 11.2. The SMILES string of the molecule is COC(=O)c1sc(N2C(=O)c3oc4cc(C)c(C)cc4c(=O)c3C2c2ccc(OCC(C)C)c(OC)c2)nc1C. The Morgan fingerprint density at radius 3 is 2.48 bits per heavy atom. The summed E-state index contributed by atoms with van der Waals surface area (Å²) in [6.45, 7) is 10.1. The maximum atomic E-state index is 14.0. The van der Waals surface area contributed by atoms with Gasteiger partial charge in [0.2, 0.25) is 5.76 Å². The van der Waals surface area contributed by atoms with E-state index in [-0.39, 0.29) is 26.8 Å². The van der Waals surface area contributed by atoms with Crippen molar-refractivity contribution in [1.29, 1.82) is 0 Å². The van der Waals surface area contributed by atoms with Crippen LogP contribution in [-0.4, -0.2) is 37.7 Å². The minimum atomic E-state index is -0.881. The number of ether oxygens (including phenoxy) is 3. The molecular formula is C30H30N2O7S. The molecule has 1 atom stereocenters. The van der Waals surface area contributed by atoms with Crippen LogP contribution >= 0.6 is 11.3 Å². The first-order valence-corrected chi connectivity index (χ1v) is 13.6. The molecule has 1 aliphatic heterocycles. The van der Waals surface area contributed by atoms with Crippen molar-refractivity contribution >= 4 is 39.3 Å². The van der Waals surface area contributed by atoms with Crippen molar-refractivity contribution in [3.8, 4) is 11.5 Å². The predicted molar refractivity (Wildman–Crippen MR) is 152 cm³/mol. The average molecular weight is 563 g/mol. The molecule has 208 valence electrons. The van der Waals surface area contributed by atoms with Gasteiger partial charge in [-0.3, -0.25) is 14.5 Å². The number of benzene rings is 2. The molecule has 0 aliphatic carbocycles. The van der Waals surface area contributed by atoms with E-state index in [0.29, 0.717) is 46.3 Å². The van der Waals surface area contributed by atoms with Gasteiger partial charge in [-0.1, -0.05) is 31.3 Å². The number of nitrogens with zero attached hydrogens (tertiary/aromatic N) is 2. The second kappa shape index (κ2) is 10.4. The molecule has 2 aromatic heterocycles. The van der Waals surface area contributed by atoms with Crippen molar-refractivity contribution in [3.05, 3.63) is 79.1 Å². The number of aryl methyl sites for hydroxylation is 3. The largest absolute Gasteiger partial charge is 0.493 e. The van der Waals surface area contributed by atoms with Gasteiger partial charge in [-0.15, -0.1) is 0 Å². The molecule has 5 rings (SSSR count). The molecular weight excluding hydrogens is 532 g/mol. The summed E-state index contributed by atoms with van der Waals surface area (Å²) >= 11 is 1.02. The number of hydrogen-bond donors (Lipinski definition) is 0. The fraction of sp³-hybridized carbons (Fsp3) is 0.333. The molecule has 3 heterocycles. The lowest BCUT2D eigenvalue weighted by Gasteiger charge is -2.23. The molecule has 0 saturated carbocycles. The number of carbonyl (C=O) groups is 2. The molecule has 0 fully saturated rings. The zero-order valence-corrected chi connectivity index (χ0v) is 24.2. The lowest BCUT2D eigenvalue weighted by atomic mass is 9.97. The highest BCUT2D eigenvalue weighted by Gasteiger charge is 2.45. The van der Waals surface area contributed by atoms with Gasteiger partial charge in [0.15, 0.2) is 22.1 Å². The van der Waals surface area contributed by atoms with Crippen molar-refractivity contribution in [2.24, 2.45) is 5.92 Å². The highest BCUT2D eigenvalue weighted by molar-refractivity contribution is 7.17. The molecule has 4 aromatic rings. The van der Waals surface area contributed by atoms with E-state index in [4.69, 9.17) is 18.6 Å². The van der Waals surface area contributed by atoms with Crippen LogP contribution in [0.3, 0.4) is 0 Å². The monoisotopic (exact) mass is 562 g/mol. The van der Waals surface area contributed by atoms with Gasteiger partial charge in [0, 0.05) is 0 Å². The summed E-state index contributed by atoms with van der Waals surface area (Å²) in [6, 6.07) is 7.98. The Labute approximate surface area is 235 Å². The number of anilines is 1. The maximum Gasteiger partial charge on any atom is 0.350 e. The molecule has 9 nitrogen and oxygen atoms in total. The molecule has 1 unspecified atom stereocenters. The van der Waals surface area contributed by atoms with Gasteiger partial charge in [-0.25, -0.2) is 9.78 Å². The third-order valence-corrected chi connectivity index (χ3v) is 8.06. The normalized spacial score (nSPS) is 14.7. The Bertz CT molecular complexity index is 1720. The van der Waals surface area contributed by atoms with Gasteiger partial charge in [-0.2, -0.15) is 0 Å². The maximum absolute atomic E-state index is 14.0. The van der Waals surface area contributed by atoms with Gasteiger partial charge < -0.3 is 18.6 Å². The first-order chi connectivity index (χ1) is 19.0.